The summed E-state index contributed by atoms with van der Waals surface area (Å²) in [6.07, 6.45) is 7.60. The Labute approximate surface area is 174 Å². The molecule has 0 saturated carbocycles. The lowest BCUT2D eigenvalue weighted by Gasteiger charge is -2.09. The fraction of sp³-hybridized carbons (Fsp3) is 0.250. The van der Waals surface area contributed by atoms with Gasteiger partial charge >= 0.3 is 0 Å². The highest BCUT2D eigenvalue weighted by Gasteiger charge is 2.20. The van der Waals surface area contributed by atoms with Crippen LogP contribution in [0.15, 0.2) is 60.9 Å². The van der Waals surface area contributed by atoms with Gasteiger partial charge in [-0.3, -0.25) is 0 Å². The first-order valence-corrected chi connectivity index (χ1v) is 10.9. The van der Waals surface area contributed by atoms with Gasteiger partial charge in [0.15, 0.2) is 0 Å². The molecule has 0 amide bonds. The number of ether oxygens (including phenoxy) is 2. The molecular formula is C24H22N2O2S. The summed E-state index contributed by atoms with van der Waals surface area (Å²) in [5.74, 6) is 2.23. The first kappa shape index (κ1) is 18.1. The van der Waals surface area contributed by atoms with Crippen molar-refractivity contribution in [2.24, 2.45) is 0 Å². The predicted octanol–water partition coefficient (Wildman–Crippen LogP) is 6.33. The first-order chi connectivity index (χ1) is 14.4. The highest BCUT2D eigenvalue weighted by atomic mass is 32.1. The molecule has 146 valence electrons. The zero-order valence-electron chi connectivity index (χ0n) is 16.1. The van der Waals surface area contributed by atoms with Crippen LogP contribution >= 0.6 is 11.3 Å². The predicted molar refractivity (Wildman–Crippen MR) is 116 cm³/mol. The van der Waals surface area contributed by atoms with Crippen molar-refractivity contribution < 1.29 is 9.47 Å². The van der Waals surface area contributed by atoms with Gasteiger partial charge in [-0.15, -0.1) is 11.3 Å². The number of benzene rings is 2. The minimum absolute atomic E-state index is 0.550. The third-order valence-corrected chi connectivity index (χ3v) is 6.45. The van der Waals surface area contributed by atoms with Gasteiger partial charge in [0, 0.05) is 4.88 Å². The Balaban J connectivity index is 1.35. The molecule has 29 heavy (non-hydrogen) atoms. The number of fused-ring (bicyclic) bond motifs is 3. The Kier molecular flexibility index (Phi) is 5.13. The summed E-state index contributed by atoms with van der Waals surface area (Å²) >= 11 is 1.79. The van der Waals surface area contributed by atoms with Crippen molar-refractivity contribution in [3.05, 3.63) is 76.9 Å². The highest BCUT2D eigenvalue weighted by Crippen LogP contribution is 2.39. The molecule has 0 saturated heterocycles. The summed E-state index contributed by atoms with van der Waals surface area (Å²) in [6.45, 7) is 0.550. The van der Waals surface area contributed by atoms with Gasteiger partial charge in [0.05, 0.1) is 5.39 Å². The Morgan fingerprint density at radius 2 is 1.62 bits per heavy atom. The summed E-state index contributed by atoms with van der Waals surface area (Å²) in [5.41, 5.74) is 2.54. The molecule has 5 heteroatoms. The molecule has 2 aromatic heterocycles. The Morgan fingerprint density at radius 1 is 0.828 bits per heavy atom. The maximum absolute atomic E-state index is 6.17. The maximum Gasteiger partial charge on any atom is 0.231 e. The number of rotatable bonds is 5. The van der Waals surface area contributed by atoms with Crippen LogP contribution < -0.4 is 9.47 Å². The second-order valence-corrected chi connectivity index (χ2v) is 8.35. The van der Waals surface area contributed by atoms with E-state index in [9.17, 15) is 0 Å². The van der Waals surface area contributed by atoms with Gasteiger partial charge in [-0.2, -0.15) is 0 Å². The summed E-state index contributed by atoms with van der Waals surface area (Å²) in [6, 6.07) is 17.9. The van der Waals surface area contributed by atoms with E-state index in [1.165, 1.54) is 29.7 Å². The molecule has 2 heterocycles. The van der Waals surface area contributed by atoms with Crippen LogP contribution in [0, 0.1) is 0 Å². The molecule has 1 aliphatic rings. The van der Waals surface area contributed by atoms with Crippen molar-refractivity contribution in [3.63, 3.8) is 0 Å². The fourth-order valence-electron chi connectivity index (χ4n) is 3.77. The Morgan fingerprint density at radius 3 is 2.48 bits per heavy atom. The molecule has 0 spiro atoms. The van der Waals surface area contributed by atoms with Crippen LogP contribution in [0.2, 0.25) is 0 Å². The first-order valence-electron chi connectivity index (χ1n) is 10.1. The van der Waals surface area contributed by atoms with E-state index in [1.54, 1.807) is 17.7 Å². The second kappa shape index (κ2) is 8.21. The number of hydrogen-bond donors (Lipinski definition) is 0. The van der Waals surface area contributed by atoms with Crippen molar-refractivity contribution in [2.75, 3.05) is 0 Å². The number of aryl methyl sites for hydroxylation is 2. The van der Waals surface area contributed by atoms with Gasteiger partial charge in [0.1, 0.15) is 29.3 Å². The van der Waals surface area contributed by atoms with Crippen LogP contribution in [0.3, 0.4) is 0 Å². The largest absolute Gasteiger partial charge is 0.489 e. The van der Waals surface area contributed by atoms with E-state index in [-0.39, 0.29) is 0 Å². The minimum Gasteiger partial charge on any atom is -0.489 e. The number of aromatic nitrogens is 2. The van der Waals surface area contributed by atoms with Crippen LogP contribution in [-0.2, 0) is 19.4 Å². The zero-order valence-corrected chi connectivity index (χ0v) is 17.0. The molecule has 0 atom stereocenters. The lowest BCUT2D eigenvalue weighted by Crippen LogP contribution is -1.95. The summed E-state index contributed by atoms with van der Waals surface area (Å²) in [4.78, 5) is 11.4. The van der Waals surface area contributed by atoms with Crippen molar-refractivity contribution in [3.8, 4) is 17.4 Å². The van der Waals surface area contributed by atoms with Crippen molar-refractivity contribution in [1.29, 1.82) is 0 Å². The van der Waals surface area contributed by atoms with Crippen LogP contribution in [0.1, 0.15) is 35.3 Å². The second-order valence-electron chi connectivity index (χ2n) is 7.27. The average molecular weight is 403 g/mol. The lowest BCUT2D eigenvalue weighted by atomic mass is 10.1. The minimum atomic E-state index is 0.550. The van der Waals surface area contributed by atoms with Gasteiger partial charge in [-0.25, -0.2) is 9.97 Å². The number of thiophene rings is 1. The van der Waals surface area contributed by atoms with Gasteiger partial charge in [0.2, 0.25) is 5.88 Å². The number of nitrogens with zero attached hydrogens (tertiary/aromatic N) is 2. The van der Waals surface area contributed by atoms with Crippen molar-refractivity contribution in [2.45, 2.75) is 38.7 Å². The van der Waals surface area contributed by atoms with E-state index in [0.29, 0.717) is 12.5 Å². The quantitative estimate of drug-likeness (QED) is 0.366. The molecule has 5 rings (SSSR count). The van der Waals surface area contributed by atoms with Crippen LogP contribution in [0.25, 0.3) is 10.2 Å². The molecule has 0 N–H and O–H groups in total. The van der Waals surface area contributed by atoms with E-state index in [1.807, 2.05) is 42.5 Å². The van der Waals surface area contributed by atoms with E-state index in [4.69, 9.17) is 9.47 Å². The number of hydrogen-bond acceptors (Lipinski definition) is 5. The molecule has 0 aliphatic heterocycles. The molecule has 0 unspecified atom stereocenters. The normalized spacial score (nSPS) is 13.7. The zero-order chi connectivity index (χ0) is 19.5. The van der Waals surface area contributed by atoms with E-state index >= 15 is 0 Å². The molecule has 2 aromatic carbocycles. The molecular weight excluding hydrogens is 380 g/mol. The van der Waals surface area contributed by atoms with E-state index < -0.39 is 0 Å². The topological polar surface area (TPSA) is 44.2 Å². The van der Waals surface area contributed by atoms with E-state index in [2.05, 4.69) is 22.1 Å². The highest BCUT2D eigenvalue weighted by molar-refractivity contribution is 7.18. The smallest absolute Gasteiger partial charge is 0.231 e. The molecule has 1 aliphatic carbocycles. The van der Waals surface area contributed by atoms with Crippen LogP contribution in [0.4, 0.5) is 0 Å². The third-order valence-electron chi connectivity index (χ3n) is 5.25. The molecule has 4 nitrogen and oxygen atoms in total. The fourth-order valence-corrected chi connectivity index (χ4v) is 4.99. The van der Waals surface area contributed by atoms with Gasteiger partial charge < -0.3 is 9.47 Å². The summed E-state index contributed by atoms with van der Waals surface area (Å²) in [7, 11) is 0. The lowest BCUT2D eigenvalue weighted by molar-refractivity contribution is 0.305. The third kappa shape index (κ3) is 3.96. The van der Waals surface area contributed by atoms with Crippen molar-refractivity contribution >= 4 is 21.6 Å². The van der Waals surface area contributed by atoms with Gasteiger partial charge in [-0.05, 0) is 61.1 Å². The Hall–Kier alpha value is -2.92. The van der Waals surface area contributed by atoms with E-state index in [0.717, 1.165) is 40.1 Å². The molecule has 4 aromatic rings. The molecule has 0 radical (unpaired) electrons. The maximum atomic E-state index is 6.17. The standard InChI is InChI=1S/C24H22N2O2S/c1-3-7-17(8-4-1)15-27-18-11-13-19(14-12-18)28-23-22-20-9-5-2-6-10-21(20)29-24(22)26-16-25-23/h1,3-4,7-8,11-14,16H,2,5-6,9-10,15H2. The van der Waals surface area contributed by atoms with Crippen LogP contribution in [-0.4, -0.2) is 9.97 Å². The summed E-state index contributed by atoms with van der Waals surface area (Å²) in [5, 5.41) is 1.10. The molecule has 0 bridgehead atoms. The molecule has 0 fully saturated rings. The monoisotopic (exact) mass is 402 g/mol. The van der Waals surface area contributed by atoms with Crippen molar-refractivity contribution in [1.82, 2.24) is 9.97 Å². The van der Waals surface area contributed by atoms with Gasteiger partial charge in [-0.1, -0.05) is 36.8 Å². The SMILES string of the molecule is c1ccc(COc2ccc(Oc3ncnc4sc5c(c34)CCCCC5)cc2)cc1. The average Bonchev–Trinajstić information content (AvgIpc) is 2.96. The summed E-state index contributed by atoms with van der Waals surface area (Å²) < 4.78 is 12.0. The van der Waals surface area contributed by atoms with Crippen LogP contribution in [0.5, 0.6) is 17.4 Å². The van der Waals surface area contributed by atoms with Gasteiger partial charge in [0.25, 0.3) is 0 Å². The Bertz CT molecular complexity index is 1110.